The van der Waals surface area contributed by atoms with Crippen LogP contribution in [0, 0.1) is 5.92 Å². The van der Waals surface area contributed by atoms with Crippen molar-refractivity contribution < 1.29 is 36.9 Å². The Morgan fingerprint density at radius 3 is 2.41 bits per heavy atom. The molecule has 0 aliphatic carbocycles. The molecule has 2 heterocycles. The molecular formula is C13H11F4NO4. The van der Waals surface area contributed by atoms with E-state index in [9.17, 15) is 22.4 Å². The Hall–Kier alpha value is -2.03. The molecule has 1 fully saturated rings. The maximum Gasteiger partial charge on any atom is 0.507 e. The molecule has 0 saturated carbocycles. The Morgan fingerprint density at radius 2 is 1.82 bits per heavy atom. The van der Waals surface area contributed by atoms with Crippen LogP contribution in [0.25, 0.3) is 0 Å². The van der Waals surface area contributed by atoms with Gasteiger partial charge in [0.2, 0.25) is 0 Å². The quantitative estimate of drug-likeness (QED) is 0.819. The third-order valence-corrected chi connectivity index (χ3v) is 3.67. The number of benzene rings is 1. The molecule has 0 amide bonds. The van der Waals surface area contributed by atoms with E-state index in [0.29, 0.717) is 5.56 Å². The van der Waals surface area contributed by atoms with E-state index in [1.807, 2.05) is 0 Å². The SMILES string of the molecule is O=C(O)C1CNC(c2ccc3c(c2)OC(F)(F)C(F)(F)O3)C1. The summed E-state index contributed by atoms with van der Waals surface area (Å²) in [6.07, 6.45) is -9.26. The van der Waals surface area contributed by atoms with E-state index >= 15 is 0 Å². The summed E-state index contributed by atoms with van der Waals surface area (Å²) < 4.78 is 60.4. The largest absolute Gasteiger partial charge is 0.507 e. The van der Waals surface area contributed by atoms with Gasteiger partial charge in [-0.3, -0.25) is 4.79 Å². The van der Waals surface area contributed by atoms with Gasteiger partial charge in [-0.1, -0.05) is 6.07 Å². The summed E-state index contributed by atoms with van der Waals surface area (Å²) in [5.41, 5.74) is 0.465. The summed E-state index contributed by atoms with van der Waals surface area (Å²) >= 11 is 0. The zero-order chi connectivity index (χ0) is 16.1. The maximum absolute atomic E-state index is 13.1. The van der Waals surface area contributed by atoms with Crippen molar-refractivity contribution >= 4 is 5.97 Å². The molecule has 22 heavy (non-hydrogen) atoms. The number of fused-ring (bicyclic) bond motifs is 1. The molecule has 2 atom stereocenters. The van der Waals surface area contributed by atoms with Crippen LogP contribution >= 0.6 is 0 Å². The second-order valence-electron chi connectivity index (χ2n) is 5.18. The van der Waals surface area contributed by atoms with Gasteiger partial charge in [0, 0.05) is 12.6 Å². The van der Waals surface area contributed by atoms with E-state index in [-0.39, 0.29) is 19.0 Å². The second kappa shape index (κ2) is 4.73. The molecule has 9 heteroatoms. The van der Waals surface area contributed by atoms with Crippen LogP contribution in [0.3, 0.4) is 0 Å². The Morgan fingerprint density at radius 1 is 1.18 bits per heavy atom. The van der Waals surface area contributed by atoms with Crippen molar-refractivity contribution in [2.75, 3.05) is 6.54 Å². The Bertz CT molecular complexity index is 622. The molecule has 0 bridgehead atoms. The van der Waals surface area contributed by atoms with Crippen LogP contribution in [0.1, 0.15) is 18.0 Å². The predicted molar refractivity (Wildman–Crippen MR) is 64.1 cm³/mol. The third-order valence-electron chi connectivity index (χ3n) is 3.67. The fourth-order valence-corrected chi connectivity index (χ4v) is 2.48. The summed E-state index contributed by atoms with van der Waals surface area (Å²) in [6.45, 7) is 0.239. The average Bonchev–Trinajstić information content (AvgIpc) is 2.88. The van der Waals surface area contributed by atoms with Crippen LogP contribution in [0.5, 0.6) is 11.5 Å². The summed E-state index contributed by atoms with van der Waals surface area (Å²) in [5.74, 6) is -2.55. The normalized spacial score (nSPS) is 28.4. The molecule has 0 aromatic heterocycles. The van der Waals surface area contributed by atoms with Gasteiger partial charge in [-0.15, -0.1) is 0 Å². The molecule has 120 valence electrons. The van der Waals surface area contributed by atoms with Crippen LogP contribution < -0.4 is 14.8 Å². The molecule has 1 aromatic carbocycles. The third kappa shape index (κ3) is 2.35. The van der Waals surface area contributed by atoms with Crippen molar-refractivity contribution in [2.24, 2.45) is 5.92 Å². The highest BCUT2D eigenvalue weighted by atomic mass is 19.3. The van der Waals surface area contributed by atoms with Crippen molar-refractivity contribution in [3.63, 3.8) is 0 Å². The highest BCUT2D eigenvalue weighted by molar-refractivity contribution is 5.70. The van der Waals surface area contributed by atoms with Gasteiger partial charge in [-0.05, 0) is 24.1 Å². The molecular weight excluding hydrogens is 310 g/mol. The number of alkyl halides is 4. The number of ether oxygens (including phenoxy) is 2. The van der Waals surface area contributed by atoms with E-state index in [1.54, 1.807) is 0 Å². The van der Waals surface area contributed by atoms with E-state index < -0.39 is 35.6 Å². The fourth-order valence-electron chi connectivity index (χ4n) is 2.48. The van der Waals surface area contributed by atoms with E-state index in [4.69, 9.17) is 5.11 Å². The molecule has 5 nitrogen and oxygen atoms in total. The predicted octanol–water partition coefficient (Wildman–Crippen LogP) is 2.38. The highest BCUT2D eigenvalue weighted by Crippen LogP contribution is 2.47. The minimum Gasteiger partial charge on any atom is -0.481 e. The summed E-state index contributed by atoms with van der Waals surface area (Å²) in [4.78, 5) is 10.9. The molecule has 2 unspecified atom stereocenters. The second-order valence-corrected chi connectivity index (χ2v) is 5.18. The average molecular weight is 321 g/mol. The van der Waals surface area contributed by atoms with Gasteiger partial charge in [-0.25, -0.2) is 0 Å². The lowest BCUT2D eigenvalue weighted by Gasteiger charge is -2.32. The Kier molecular flexibility index (Phi) is 3.20. The number of hydrogen-bond acceptors (Lipinski definition) is 4. The number of hydrogen-bond donors (Lipinski definition) is 2. The van der Waals surface area contributed by atoms with Gasteiger partial charge in [0.25, 0.3) is 0 Å². The van der Waals surface area contributed by atoms with Gasteiger partial charge in [-0.2, -0.15) is 17.6 Å². The first kappa shape index (κ1) is 14.9. The topological polar surface area (TPSA) is 67.8 Å². The first-order valence-electron chi connectivity index (χ1n) is 6.43. The molecule has 2 aliphatic heterocycles. The first-order chi connectivity index (χ1) is 10.2. The maximum atomic E-state index is 13.1. The number of halogens is 4. The monoisotopic (exact) mass is 321 g/mol. The van der Waals surface area contributed by atoms with E-state index in [1.165, 1.54) is 6.07 Å². The molecule has 3 rings (SSSR count). The van der Waals surface area contributed by atoms with Crippen molar-refractivity contribution in [3.8, 4) is 11.5 Å². The Labute approximate surface area is 121 Å². The van der Waals surface area contributed by atoms with Crippen LogP contribution in [-0.4, -0.2) is 29.8 Å². The van der Waals surface area contributed by atoms with Gasteiger partial charge >= 0.3 is 18.2 Å². The fraction of sp³-hybridized carbons (Fsp3) is 0.462. The van der Waals surface area contributed by atoms with Crippen molar-refractivity contribution in [3.05, 3.63) is 23.8 Å². The molecule has 2 N–H and O–H groups in total. The minimum atomic E-state index is -4.77. The van der Waals surface area contributed by atoms with Gasteiger partial charge in [0.05, 0.1) is 5.92 Å². The zero-order valence-electron chi connectivity index (χ0n) is 11.0. The van der Waals surface area contributed by atoms with Crippen molar-refractivity contribution in [2.45, 2.75) is 24.7 Å². The first-order valence-corrected chi connectivity index (χ1v) is 6.43. The number of carbonyl (C=O) groups is 1. The van der Waals surface area contributed by atoms with Crippen LogP contribution in [0.2, 0.25) is 0 Å². The van der Waals surface area contributed by atoms with Gasteiger partial charge in [0.1, 0.15) is 0 Å². The van der Waals surface area contributed by atoms with E-state index in [2.05, 4.69) is 14.8 Å². The molecule has 0 radical (unpaired) electrons. The van der Waals surface area contributed by atoms with Crippen LogP contribution in [0.15, 0.2) is 18.2 Å². The lowest BCUT2D eigenvalue weighted by atomic mass is 10.00. The standard InChI is InChI=1S/C13H11F4NO4/c14-12(15)13(16,17)22-10-4-6(1-2-9(10)21-12)8-3-7(5-18-8)11(19)20/h1-2,4,7-8,18H,3,5H2,(H,19,20). The number of aliphatic carboxylic acids is 1. The number of carboxylic acids is 1. The van der Waals surface area contributed by atoms with E-state index in [0.717, 1.165) is 12.1 Å². The zero-order valence-corrected chi connectivity index (χ0v) is 11.0. The molecule has 2 aliphatic rings. The summed E-state index contributed by atoms with van der Waals surface area (Å²) in [6, 6.07) is 3.28. The lowest BCUT2D eigenvalue weighted by molar-refractivity contribution is -0.391. The van der Waals surface area contributed by atoms with Crippen molar-refractivity contribution in [1.29, 1.82) is 0 Å². The summed E-state index contributed by atoms with van der Waals surface area (Å²) in [5, 5.41) is 11.9. The Balaban J connectivity index is 1.85. The van der Waals surface area contributed by atoms with Crippen molar-refractivity contribution in [1.82, 2.24) is 5.32 Å². The van der Waals surface area contributed by atoms with Crippen LogP contribution in [-0.2, 0) is 4.79 Å². The molecule has 1 saturated heterocycles. The van der Waals surface area contributed by atoms with Gasteiger partial charge < -0.3 is 19.9 Å². The molecule has 1 aromatic rings. The summed E-state index contributed by atoms with van der Waals surface area (Å²) in [7, 11) is 0. The lowest BCUT2D eigenvalue weighted by Crippen LogP contribution is -2.52. The number of rotatable bonds is 2. The number of carboxylic acid groups (broad SMARTS) is 1. The van der Waals surface area contributed by atoms with Gasteiger partial charge in [0.15, 0.2) is 11.5 Å². The highest BCUT2D eigenvalue weighted by Gasteiger charge is 2.65. The molecule has 0 spiro atoms. The minimum absolute atomic E-state index is 0.239. The number of nitrogens with one attached hydrogen (secondary N) is 1. The smallest absolute Gasteiger partial charge is 0.481 e. The van der Waals surface area contributed by atoms with Crippen LogP contribution in [0.4, 0.5) is 17.6 Å².